The first-order valence-corrected chi connectivity index (χ1v) is 11.6. The number of allylic oxidation sites excluding steroid dienone is 1. The van der Waals surface area contributed by atoms with Gasteiger partial charge in [-0.3, -0.25) is 4.99 Å². The van der Waals surface area contributed by atoms with Crippen molar-refractivity contribution in [3.8, 4) is 11.1 Å². The van der Waals surface area contributed by atoms with Crippen molar-refractivity contribution in [3.63, 3.8) is 0 Å². The minimum Gasteiger partial charge on any atom is -0.398 e. The average molecular weight is 443 g/mol. The Labute approximate surface area is 198 Å². The Morgan fingerprint density at radius 1 is 0.970 bits per heavy atom. The summed E-state index contributed by atoms with van der Waals surface area (Å²) in [4.78, 5) is 4.67. The van der Waals surface area contributed by atoms with Gasteiger partial charge in [0.2, 0.25) is 0 Å². The van der Waals surface area contributed by atoms with Crippen molar-refractivity contribution >= 4 is 11.9 Å². The third kappa shape index (κ3) is 5.98. The number of anilines is 1. The Kier molecular flexibility index (Phi) is 8.21. The van der Waals surface area contributed by atoms with Crippen LogP contribution in [0.4, 0.5) is 10.1 Å². The van der Waals surface area contributed by atoms with E-state index in [1.165, 1.54) is 11.1 Å². The van der Waals surface area contributed by atoms with E-state index in [4.69, 9.17) is 5.73 Å². The summed E-state index contributed by atoms with van der Waals surface area (Å²) in [6, 6.07) is 18.4. The van der Waals surface area contributed by atoms with Gasteiger partial charge in [0.15, 0.2) is 0 Å². The molecule has 0 aromatic heterocycles. The van der Waals surface area contributed by atoms with Crippen LogP contribution in [-0.4, -0.2) is 6.21 Å². The fourth-order valence-corrected chi connectivity index (χ4v) is 4.08. The standard InChI is InChI=1S/C30H35FN2/c1-6-7-8-23-9-11-24(12-10-23)18-33-19-28-22(5)27(15-16-29(28)32)26-14-13-25(17-21(26)4)30(31)20(2)3/h6,9-17,19-20,30H,1,7-8,18,32H2,2-5H3. The summed E-state index contributed by atoms with van der Waals surface area (Å²) in [7, 11) is 0. The fourth-order valence-electron chi connectivity index (χ4n) is 4.08. The molecule has 0 aliphatic carbocycles. The third-order valence-corrected chi connectivity index (χ3v) is 6.15. The van der Waals surface area contributed by atoms with Gasteiger partial charge in [-0.1, -0.05) is 68.5 Å². The number of aliphatic imine (C=N–C) groups is 1. The predicted molar refractivity (Wildman–Crippen MR) is 141 cm³/mol. The van der Waals surface area contributed by atoms with E-state index >= 15 is 0 Å². The summed E-state index contributed by atoms with van der Waals surface area (Å²) in [5.74, 6) is -0.0420. The minimum atomic E-state index is -0.955. The maximum Gasteiger partial charge on any atom is 0.127 e. The van der Waals surface area contributed by atoms with Crippen molar-refractivity contribution in [3.05, 3.63) is 101 Å². The SMILES string of the molecule is C=CCCc1ccc(CN=Cc2c(N)ccc(-c3ccc(C(F)C(C)C)cc3C)c2C)cc1. The summed E-state index contributed by atoms with van der Waals surface area (Å²) in [6.07, 6.45) is 4.86. The van der Waals surface area contributed by atoms with Gasteiger partial charge in [0.05, 0.1) is 6.54 Å². The quantitative estimate of drug-likeness (QED) is 0.204. The molecule has 0 aliphatic heterocycles. The first kappa shape index (κ1) is 24.4. The van der Waals surface area contributed by atoms with Gasteiger partial charge in [0, 0.05) is 17.5 Å². The maximum absolute atomic E-state index is 14.5. The van der Waals surface area contributed by atoms with Crippen molar-refractivity contribution < 1.29 is 4.39 Å². The van der Waals surface area contributed by atoms with Crippen LogP contribution >= 0.6 is 0 Å². The molecule has 1 unspecified atom stereocenters. The zero-order valence-corrected chi connectivity index (χ0v) is 20.2. The minimum absolute atomic E-state index is 0.0420. The second kappa shape index (κ2) is 11.1. The molecule has 3 heteroatoms. The summed E-state index contributed by atoms with van der Waals surface area (Å²) < 4.78 is 14.5. The van der Waals surface area contributed by atoms with Crippen LogP contribution in [0.5, 0.6) is 0 Å². The molecule has 1 atom stereocenters. The van der Waals surface area contributed by atoms with Crippen LogP contribution in [0.1, 0.15) is 59.8 Å². The zero-order chi connectivity index (χ0) is 24.0. The van der Waals surface area contributed by atoms with Gasteiger partial charge < -0.3 is 5.73 Å². The molecule has 3 aromatic carbocycles. The van der Waals surface area contributed by atoms with Gasteiger partial charge in [0.1, 0.15) is 6.17 Å². The number of halogens is 1. The highest BCUT2D eigenvalue weighted by molar-refractivity contribution is 5.92. The number of alkyl halides is 1. The van der Waals surface area contributed by atoms with Crippen molar-refractivity contribution in [1.82, 2.24) is 0 Å². The van der Waals surface area contributed by atoms with Crippen LogP contribution in [0.3, 0.4) is 0 Å². The van der Waals surface area contributed by atoms with E-state index < -0.39 is 6.17 Å². The number of benzene rings is 3. The molecule has 0 saturated carbocycles. The molecule has 0 bridgehead atoms. The molecule has 172 valence electrons. The Bertz CT molecular complexity index is 1130. The third-order valence-electron chi connectivity index (χ3n) is 6.15. The molecule has 33 heavy (non-hydrogen) atoms. The van der Waals surface area contributed by atoms with Crippen LogP contribution in [0.15, 0.2) is 72.2 Å². The second-order valence-corrected chi connectivity index (χ2v) is 9.07. The number of nitrogens with zero attached hydrogens (tertiary/aromatic N) is 1. The molecule has 0 radical (unpaired) electrons. The number of nitrogen functional groups attached to an aromatic ring is 1. The molecule has 2 nitrogen and oxygen atoms in total. The zero-order valence-electron chi connectivity index (χ0n) is 20.2. The number of hydrogen-bond donors (Lipinski definition) is 1. The van der Waals surface area contributed by atoms with E-state index in [2.05, 4.69) is 42.8 Å². The molecule has 0 fully saturated rings. The van der Waals surface area contributed by atoms with Crippen LogP contribution in [0.2, 0.25) is 0 Å². The lowest BCUT2D eigenvalue weighted by atomic mass is 9.90. The van der Waals surface area contributed by atoms with E-state index in [0.29, 0.717) is 12.2 Å². The molecule has 0 spiro atoms. The number of rotatable bonds is 9. The Balaban J connectivity index is 1.82. The van der Waals surface area contributed by atoms with Crippen LogP contribution < -0.4 is 5.73 Å². The lowest BCUT2D eigenvalue weighted by Gasteiger charge is -2.17. The molecule has 3 rings (SSSR count). The fraction of sp³-hybridized carbons (Fsp3) is 0.300. The summed E-state index contributed by atoms with van der Waals surface area (Å²) in [5, 5.41) is 0. The molecule has 0 aliphatic rings. The van der Waals surface area contributed by atoms with Crippen LogP contribution in [0.25, 0.3) is 11.1 Å². The number of aryl methyl sites for hydroxylation is 2. The molecular formula is C30H35FN2. The van der Waals surface area contributed by atoms with Crippen LogP contribution in [-0.2, 0) is 13.0 Å². The Hall–Kier alpha value is -3.20. The topological polar surface area (TPSA) is 38.4 Å². The highest BCUT2D eigenvalue weighted by Gasteiger charge is 2.16. The van der Waals surface area contributed by atoms with E-state index in [9.17, 15) is 4.39 Å². The molecular weight excluding hydrogens is 407 g/mol. The molecule has 0 amide bonds. The highest BCUT2D eigenvalue weighted by atomic mass is 19.1. The van der Waals surface area contributed by atoms with Crippen molar-refractivity contribution in [2.45, 2.75) is 53.3 Å². The van der Waals surface area contributed by atoms with Crippen LogP contribution in [0, 0.1) is 19.8 Å². The van der Waals surface area contributed by atoms with Crippen molar-refractivity contribution in [2.24, 2.45) is 10.9 Å². The Morgan fingerprint density at radius 2 is 1.64 bits per heavy atom. The van der Waals surface area contributed by atoms with E-state index in [0.717, 1.165) is 46.2 Å². The highest BCUT2D eigenvalue weighted by Crippen LogP contribution is 2.34. The maximum atomic E-state index is 14.5. The first-order valence-electron chi connectivity index (χ1n) is 11.6. The lowest BCUT2D eigenvalue weighted by molar-refractivity contribution is 0.261. The Morgan fingerprint density at radius 3 is 2.27 bits per heavy atom. The number of hydrogen-bond acceptors (Lipinski definition) is 2. The molecule has 0 heterocycles. The monoisotopic (exact) mass is 442 g/mol. The van der Waals surface area contributed by atoms with E-state index in [1.54, 1.807) is 0 Å². The van der Waals surface area contributed by atoms with Gasteiger partial charge in [-0.05, 0) is 77.6 Å². The predicted octanol–water partition coefficient (Wildman–Crippen LogP) is 7.96. The molecule has 0 saturated heterocycles. The van der Waals surface area contributed by atoms with Gasteiger partial charge in [0.25, 0.3) is 0 Å². The second-order valence-electron chi connectivity index (χ2n) is 9.07. The normalized spacial score (nSPS) is 12.4. The van der Waals surface area contributed by atoms with Crippen molar-refractivity contribution in [1.29, 1.82) is 0 Å². The van der Waals surface area contributed by atoms with E-state index in [-0.39, 0.29) is 5.92 Å². The lowest BCUT2D eigenvalue weighted by Crippen LogP contribution is -2.02. The summed E-state index contributed by atoms with van der Waals surface area (Å²) >= 11 is 0. The van der Waals surface area contributed by atoms with Gasteiger partial charge >= 0.3 is 0 Å². The van der Waals surface area contributed by atoms with Gasteiger partial charge in [-0.2, -0.15) is 0 Å². The first-order chi connectivity index (χ1) is 15.8. The van der Waals surface area contributed by atoms with Crippen molar-refractivity contribution in [2.75, 3.05) is 5.73 Å². The molecule has 3 aromatic rings. The van der Waals surface area contributed by atoms with Gasteiger partial charge in [-0.15, -0.1) is 6.58 Å². The largest absolute Gasteiger partial charge is 0.398 e. The number of nitrogens with two attached hydrogens (primary N) is 1. The summed E-state index contributed by atoms with van der Waals surface area (Å²) in [6.45, 7) is 12.3. The average Bonchev–Trinajstić information content (AvgIpc) is 2.80. The summed E-state index contributed by atoms with van der Waals surface area (Å²) in [5.41, 5.74) is 15.5. The molecule has 2 N–H and O–H groups in total. The smallest absolute Gasteiger partial charge is 0.127 e. The van der Waals surface area contributed by atoms with Gasteiger partial charge in [-0.25, -0.2) is 4.39 Å². The van der Waals surface area contributed by atoms with E-state index in [1.807, 2.05) is 63.4 Å².